The maximum absolute atomic E-state index is 4.03. The molecule has 0 aromatic rings. The van der Waals surface area contributed by atoms with Crippen molar-refractivity contribution in [2.75, 3.05) is 0 Å². The van der Waals surface area contributed by atoms with Crippen molar-refractivity contribution in [1.29, 1.82) is 0 Å². The van der Waals surface area contributed by atoms with Gasteiger partial charge in [0.2, 0.25) is 0 Å². The second-order valence-electron chi connectivity index (χ2n) is 4.80. The van der Waals surface area contributed by atoms with Crippen molar-refractivity contribution in [1.82, 2.24) is 0 Å². The van der Waals surface area contributed by atoms with Crippen LogP contribution in [0.15, 0.2) is 12.2 Å². The summed E-state index contributed by atoms with van der Waals surface area (Å²) in [4.78, 5) is 0. The van der Waals surface area contributed by atoms with Gasteiger partial charge in [0.25, 0.3) is 0 Å². The van der Waals surface area contributed by atoms with E-state index in [0.29, 0.717) is 0 Å². The molecule has 0 atom stereocenters. The number of rotatable bonds is 9. The lowest BCUT2D eigenvalue weighted by Crippen LogP contribution is -1.87. The molecule has 0 aromatic heterocycles. The molecule has 0 heterocycles. The van der Waals surface area contributed by atoms with Crippen molar-refractivity contribution in [3.63, 3.8) is 0 Å². The molecule has 0 nitrogen and oxygen atoms in total. The van der Waals surface area contributed by atoms with E-state index in [0.717, 1.165) is 12.3 Å². The minimum absolute atomic E-state index is 0.884. The van der Waals surface area contributed by atoms with Crippen LogP contribution in [0.3, 0.4) is 0 Å². The summed E-state index contributed by atoms with van der Waals surface area (Å²) in [6, 6.07) is 0. The molecular weight excluding hydrogens is 168 g/mol. The summed E-state index contributed by atoms with van der Waals surface area (Å²) in [6.45, 7) is 10.9. The van der Waals surface area contributed by atoms with Gasteiger partial charge >= 0.3 is 0 Å². The van der Waals surface area contributed by atoms with E-state index in [9.17, 15) is 0 Å². The molecule has 0 amide bonds. The Hall–Kier alpha value is -0.260. The largest absolute Gasteiger partial charge is 0.0999 e. The van der Waals surface area contributed by atoms with Gasteiger partial charge < -0.3 is 0 Å². The summed E-state index contributed by atoms with van der Waals surface area (Å²) in [6.07, 6.45) is 10.8. The summed E-state index contributed by atoms with van der Waals surface area (Å²) < 4.78 is 0. The van der Waals surface area contributed by atoms with E-state index in [4.69, 9.17) is 0 Å². The predicted molar refractivity (Wildman–Crippen MR) is 66.6 cm³/mol. The van der Waals surface area contributed by atoms with Crippen LogP contribution in [0.25, 0.3) is 0 Å². The van der Waals surface area contributed by atoms with Gasteiger partial charge in [-0.1, -0.05) is 65.0 Å². The fraction of sp³-hybridized carbons (Fsp3) is 0.857. The third-order valence-electron chi connectivity index (χ3n) is 2.81. The number of hydrogen-bond donors (Lipinski definition) is 0. The van der Waals surface area contributed by atoms with E-state index in [1.54, 1.807) is 0 Å². The fourth-order valence-electron chi connectivity index (χ4n) is 1.63. The minimum atomic E-state index is 0.884. The topological polar surface area (TPSA) is 0 Å². The summed E-state index contributed by atoms with van der Waals surface area (Å²) in [7, 11) is 0. The van der Waals surface area contributed by atoms with E-state index < -0.39 is 0 Å². The predicted octanol–water partition coefficient (Wildman–Crippen LogP) is 5.34. The van der Waals surface area contributed by atoms with Gasteiger partial charge in [-0.05, 0) is 25.2 Å². The van der Waals surface area contributed by atoms with Crippen molar-refractivity contribution in [3.05, 3.63) is 12.2 Å². The second kappa shape index (κ2) is 9.30. The maximum Gasteiger partial charge on any atom is -0.0323 e. The molecule has 0 saturated carbocycles. The van der Waals surface area contributed by atoms with Gasteiger partial charge in [-0.2, -0.15) is 0 Å². The Morgan fingerprint density at radius 3 is 2.14 bits per heavy atom. The molecule has 0 aliphatic rings. The molecule has 0 bridgehead atoms. The van der Waals surface area contributed by atoms with Crippen LogP contribution in [0.2, 0.25) is 0 Å². The number of hydrogen-bond acceptors (Lipinski definition) is 0. The van der Waals surface area contributed by atoms with Gasteiger partial charge in [-0.25, -0.2) is 0 Å². The monoisotopic (exact) mass is 196 g/mol. The Bertz CT molecular complexity index is 133. The zero-order chi connectivity index (χ0) is 10.8. The summed E-state index contributed by atoms with van der Waals surface area (Å²) in [5, 5.41) is 0. The molecule has 0 N–H and O–H groups in total. The Morgan fingerprint density at radius 1 is 1.00 bits per heavy atom. The Labute approximate surface area is 90.8 Å². The van der Waals surface area contributed by atoms with Gasteiger partial charge in [-0.3, -0.25) is 0 Å². The van der Waals surface area contributed by atoms with Gasteiger partial charge in [-0.15, -0.1) is 0 Å². The molecule has 0 aliphatic heterocycles. The third kappa shape index (κ3) is 9.83. The second-order valence-corrected chi connectivity index (χ2v) is 4.80. The van der Waals surface area contributed by atoms with Crippen molar-refractivity contribution in [2.24, 2.45) is 5.92 Å². The summed E-state index contributed by atoms with van der Waals surface area (Å²) in [5.41, 5.74) is 1.42. The molecule has 0 radical (unpaired) electrons. The lowest BCUT2D eigenvalue weighted by molar-refractivity contribution is 0.514. The van der Waals surface area contributed by atoms with Crippen molar-refractivity contribution in [3.8, 4) is 0 Å². The van der Waals surface area contributed by atoms with E-state index in [2.05, 4.69) is 27.4 Å². The molecule has 0 unspecified atom stereocenters. The summed E-state index contributed by atoms with van der Waals surface area (Å²) >= 11 is 0. The molecular formula is C14H28. The number of allylic oxidation sites excluding steroid dienone is 1. The third-order valence-corrected chi connectivity index (χ3v) is 2.81. The molecule has 0 aromatic carbocycles. The smallest absolute Gasteiger partial charge is 0.0323 e. The van der Waals surface area contributed by atoms with E-state index in [-0.39, 0.29) is 0 Å². The van der Waals surface area contributed by atoms with E-state index in [1.807, 2.05) is 0 Å². The average Bonchev–Trinajstić information content (AvgIpc) is 2.15. The van der Waals surface area contributed by atoms with Crippen LogP contribution in [-0.4, -0.2) is 0 Å². The van der Waals surface area contributed by atoms with Gasteiger partial charge in [0.1, 0.15) is 0 Å². The highest BCUT2D eigenvalue weighted by Gasteiger charge is 1.95. The minimum Gasteiger partial charge on any atom is -0.0999 e. The highest BCUT2D eigenvalue weighted by molar-refractivity contribution is 4.91. The maximum atomic E-state index is 4.03. The van der Waals surface area contributed by atoms with Crippen LogP contribution in [0.5, 0.6) is 0 Å². The molecule has 0 heteroatoms. The highest BCUT2D eigenvalue weighted by atomic mass is 14.0. The van der Waals surface area contributed by atoms with Crippen molar-refractivity contribution >= 4 is 0 Å². The Morgan fingerprint density at radius 2 is 1.57 bits per heavy atom. The Balaban J connectivity index is 3.03. The van der Waals surface area contributed by atoms with Gasteiger partial charge in [0, 0.05) is 0 Å². The first-order chi connectivity index (χ1) is 6.66. The molecule has 0 rings (SSSR count). The fourth-order valence-corrected chi connectivity index (χ4v) is 1.63. The zero-order valence-electron chi connectivity index (χ0n) is 10.4. The number of unbranched alkanes of at least 4 members (excludes halogenated alkanes) is 4. The SMILES string of the molecule is C=C(CC)CCCCCCCC(C)C. The van der Waals surface area contributed by atoms with Crippen LogP contribution >= 0.6 is 0 Å². The van der Waals surface area contributed by atoms with E-state index in [1.165, 1.54) is 50.5 Å². The van der Waals surface area contributed by atoms with Crippen molar-refractivity contribution < 1.29 is 0 Å². The first-order valence-corrected chi connectivity index (χ1v) is 6.33. The molecule has 84 valence electrons. The van der Waals surface area contributed by atoms with Gasteiger partial charge in [0.15, 0.2) is 0 Å². The quantitative estimate of drug-likeness (QED) is 0.345. The van der Waals surface area contributed by atoms with E-state index >= 15 is 0 Å². The average molecular weight is 196 g/mol. The lowest BCUT2D eigenvalue weighted by Gasteiger charge is -2.04. The standard InChI is InChI=1S/C14H28/c1-5-14(4)12-10-8-6-7-9-11-13(2)3/h13H,4-12H2,1-3H3. The molecule has 0 fully saturated rings. The lowest BCUT2D eigenvalue weighted by atomic mass is 10.0. The molecule has 0 aliphatic carbocycles. The Kier molecular flexibility index (Phi) is 9.13. The van der Waals surface area contributed by atoms with Crippen LogP contribution in [0, 0.1) is 5.92 Å². The van der Waals surface area contributed by atoms with Gasteiger partial charge in [0.05, 0.1) is 0 Å². The first-order valence-electron chi connectivity index (χ1n) is 6.33. The summed E-state index contributed by atoms with van der Waals surface area (Å²) in [5.74, 6) is 0.884. The van der Waals surface area contributed by atoms with Crippen LogP contribution in [0.1, 0.15) is 72.1 Å². The van der Waals surface area contributed by atoms with Crippen LogP contribution in [-0.2, 0) is 0 Å². The van der Waals surface area contributed by atoms with Crippen LogP contribution in [0.4, 0.5) is 0 Å². The van der Waals surface area contributed by atoms with Crippen molar-refractivity contribution in [2.45, 2.75) is 72.1 Å². The first kappa shape index (κ1) is 13.7. The zero-order valence-corrected chi connectivity index (χ0v) is 10.4. The molecule has 0 spiro atoms. The molecule has 0 saturated heterocycles. The highest BCUT2D eigenvalue weighted by Crippen LogP contribution is 2.13. The normalized spacial score (nSPS) is 10.9. The van der Waals surface area contributed by atoms with Crippen LogP contribution < -0.4 is 0 Å². The molecule has 14 heavy (non-hydrogen) atoms.